The van der Waals surface area contributed by atoms with Crippen molar-refractivity contribution in [2.45, 2.75) is 18.8 Å². The van der Waals surface area contributed by atoms with E-state index in [-0.39, 0.29) is 17.6 Å². The second-order valence-electron chi connectivity index (χ2n) is 5.46. The van der Waals surface area contributed by atoms with Crippen molar-refractivity contribution in [1.82, 2.24) is 9.97 Å². The summed E-state index contributed by atoms with van der Waals surface area (Å²) in [7, 11) is 0. The quantitative estimate of drug-likeness (QED) is 0.744. The zero-order chi connectivity index (χ0) is 15.3. The largest absolute Gasteiger partial charge is 0.344 e. The number of aromatic amines is 2. The number of aromatic nitrogens is 2. The van der Waals surface area contributed by atoms with E-state index in [2.05, 4.69) is 15.3 Å². The van der Waals surface area contributed by atoms with E-state index in [1.165, 1.54) is 11.3 Å². The lowest BCUT2D eigenvalue weighted by Crippen LogP contribution is -2.40. The Morgan fingerprint density at radius 3 is 2.77 bits per heavy atom. The molecule has 0 amide bonds. The third-order valence-corrected chi connectivity index (χ3v) is 5.14. The van der Waals surface area contributed by atoms with E-state index in [4.69, 9.17) is 0 Å². The van der Waals surface area contributed by atoms with Crippen molar-refractivity contribution in [1.29, 1.82) is 0 Å². The molecule has 0 aromatic carbocycles. The highest BCUT2D eigenvalue weighted by Crippen LogP contribution is 2.45. The van der Waals surface area contributed by atoms with Gasteiger partial charge >= 0.3 is 5.69 Å². The third kappa shape index (κ3) is 1.89. The summed E-state index contributed by atoms with van der Waals surface area (Å²) in [6.07, 6.45) is 3.14. The number of ketones is 1. The van der Waals surface area contributed by atoms with Gasteiger partial charge in [-0.25, -0.2) is 4.79 Å². The number of nitrogens with one attached hydrogen (secondary N) is 3. The van der Waals surface area contributed by atoms with Crippen molar-refractivity contribution in [3.8, 4) is 0 Å². The predicted octanol–water partition coefficient (Wildman–Crippen LogP) is 1.55. The Bertz CT molecular complexity index is 891. The number of hydrogen-bond donors (Lipinski definition) is 3. The van der Waals surface area contributed by atoms with Crippen molar-refractivity contribution in [3.63, 3.8) is 0 Å². The Morgan fingerprint density at radius 1 is 1.14 bits per heavy atom. The molecular weight excluding hydrogens is 302 g/mol. The van der Waals surface area contributed by atoms with Gasteiger partial charge in [0.25, 0.3) is 5.56 Å². The van der Waals surface area contributed by atoms with Gasteiger partial charge in [-0.2, -0.15) is 0 Å². The molecular formula is C15H13N3O3S. The highest BCUT2D eigenvalue weighted by Gasteiger charge is 2.42. The Labute approximate surface area is 128 Å². The fourth-order valence-electron chi connectivity index (χ4n) is 3.30. The van der Waals surface area contributed by atoms with Gasteiger partial charge < -0.3 is 5.32 Å². The molecule has 22 heavy (non-hydrogen) atoms. The van der Waals surface area contributed by atoms with Gasteiger partial charge in [0, 0.05) is 22.9 Å². The molecule has 0 saturated heterocycles. The first kappa shape index (κ1) is 13.3. The summed E-state index contributed by atoms with van der Waals surface area (Å²) in [5.74, 6) is -0.216. The van der Waals surface area contributed by atoms with Gasteiger partial charge in [-0.05, 0) is 17.9 Å². The van der Waals surface area contributed by atoms with E-state index in [9.17, 15) is 14.4 Å². The summed E-state index contributed by atoms with van der Waals surface area (Å²) in [6, 6.07) is 3.83. The summed E-state index contributed by atoms with van der Waals surface area (Å²) in [5.41, 5.74) is 0.215. The molecule has 0 radical (unpaired) electrons. The summed E-state index contributed by atoms with van der Waals surface area (Å²) < 4.78 is 0. The summed E-state index contributed by atoms with van der Waals surface area (Å²) in [4.78, 5) is 42.2. The molecule has 3 N–H and O–H groups in total. The fourth-order valence-corrected chi connectivity index (χ4v) is 4.17. The van der Waals surface area contributed by atoms with Gasteiger partial charge in [0.1, 0.15) is 11.6 Å². The van der Waals surface area contributed by atoms with Crippen LogP contribution < -0.4 is 16.6 Å². The third-order valence-electron chi connectivity index (χ3n) is 4.18. The number of thiophene rings is 1. The van der Waals surface area contributed by atoms with Crippen molar-refractivity contribution in [3.05, 3.63) is 60.6 Å². The lowest BCUT2D eigenvalue weighted by molar-refractivity contribution is -0.122. The monoisotopic (exact) mass is 315 g/mol. The van der Waals surface area contributed by atoms with Crippen molar-refractivity contribution in [2.24, 2.45) is 5.92 Å². The summed E-state index contributed by atoms with van der Waals surface area (Å²) in [5, 5.41) is 5.00. The van der Waals surface area contributed by atoms with Crippen LogP contribution in [0.5, 0.6) is 0 Å². The van der Waals surface area contributed by atoms with Crippen LogP contribution in [0.2, 0.25) is 0 Å². The van der Waals surface area contributed by atoms with Gasteiger partial charge in [-0.3, -0.25) is 19.6 Å². The Kier molecular flexibility index (Phi) is 2.90. The SMILES string of the molecule is O=C1CCC=C2Nc3[nH]c(=O)[nH]c(=O)c3[C@@H](c3cccs3)[C@H]12. The van der Waals surface area contributed by atoms with Crippen LogP contribution in [0, 0.1) is 5.92 Å². The molecule has 6 nitrogen and oxygen atoms in total. The number of fused-ring (bicyclic) bond motifs is 2. The molecule has 2 atom stereocenters. The number of H-pyrrole nitrogens is 2. The molecule has 1 aliphatic heterocycles. The second kappa shape index (κ2) is 4.81. The van der Waals surface area contributed by atoms with Crippen LogP contribution in [0.3, 0.4) is 0 Å². The maximum absolute atomic E-state index is 12.5. The van der Waals surface area contributed by atoms with E-state index in [1.54, 1.807) is 0 Å². The Morgan fingerprint density at radius 2 is 2.00 bits per heavy atom. The first-order valence-electron chi connectivity index (χ1n) is 7.05. The number of hydrogen-bond acceptors (Lipinski definition) is 5. The van der Waals surface area contributed by atoms with E-state index in [0.717, 1.165) is 10.6 Å². The minimum Gasteiger partial charge on any atom is -0.344 e. The van der Waals surface area contributed by atoms with Crippen LogP contribution in [0.1, 0.15) is 29.2 Å². The molecule has 0 spiro atoms. The van der Waals surface area contributed by atoms with Crippen LogP contribution in [-0.2, 0) is 4.79 Å². The lowest BCUT2D eigenvalue weighted by Gasteiger charge is -2.35. The van der Waals surface area contributed by atoms with Crippen LogP contribution in [0.4, 0.5) is 5.82 Å². The zero-order valence-electron chi connectivity index (χ0n) is 11.5. The normalized spacial score (nSPS) is 23.3. The van der Waals surface area contributed by atoms with Crippen LogP contribution in [0.25, 0.3) is 0 Å². The molecule has 2 aromatic heterocycles. The van der Waals surface area contributed by atoms with E-state index in [1.807, 2.05) is 23.6 Å². The van der Waals surface area contributed by atoms with Crippen LogP contribution >= 0.6 is 11.3 Å². The van der Waals surface area contributed by atoms with E-state index < -0.39 is 11.2 Å². The average Bonchev–Trinajstić information content (AvgIpc) is 2.99. The van der Waals surface area contributed by atoms with Crippen molar-refractivity contribution < 1.29 is 4.79 Å². The summed E-state index contributed by atoms with van der Waals surface area (Å²) in [6.45, 7) is 0. The number of rotatable bonds is 1. The van der Waals surface area contributed by atoms with Gasteiger partial charge in [0.05, 0.1) is 11.5 Å². The Hall–Kier alpha value is -2.41. The topological polar surface area (TPSA) is 94.8 Å². The maximum Gasteiger partial charge on any atom is 0.327 e. The maximum atomic E-state index is 12.5. The molecule has 0 unspecified atom stereocenters. The molecule has 3 heterocycles. The van der Waals surface area contributed by atoms with Gasteiger partial charge in [0.15, 0.2) is 0 Å². The van der Waals surface area contributed by atoms with Crippen molar-refractivity contribution in [2.75, 3.05) is 5.32 Å². The van der Waals surface area contributed by atoms with Crippen molar-refractivity contribution >= 4 is 22.9 Å². The average molecular weight is 315 g/mol. The van der Waals surface area contributed by atoms with Gasteiger partial charge in [0.2, 0.25) is 0 Å². The minimum absolute atomic E-state index is 0.125. The smallest absolute Gasteiger partial charge is 0.327 e. The second-order valence-corrected chi connectivity index (χ2v) is 6.44. The van der Waals surface area contributed by atoms with Crippen LogP contribution in [0.15, 0.2) is 38.9 Å². The highest BCUT2D eigenvalue weighted by molar-refractivity contribution is 7.10. The standard InChI is InChI=1S/C15H13N3O3S/c19-8-4-1-3-7-10(8)11(9-5-2-6-22-9)12-13(16-7)17-15(21)18-14(12)20/h2-3,5-6,10-11H,1,4H2,(H3,16,17,18,20,21)/t10-,11-/m0/s1. The van der Waals surface area contributed by atoms with Gasteiger partial charge in [-0.15, -0.1) is 11.3 Å². The number of anilines is 1. The van der Waals surface area contributed by atoms with Gasteiger partial charge in [-0.1, -0.05) is 12.1 Å². The number of allylic oxidation sites excluding steroid dienone is 2. The lowest BCUT2D eigenvalue weighted by atomic mass is 9.74. The molecule has 0 saturated carbocycles. The number of Topliss-reactive ketones (excluding diaryl/α,β-unsaturated/α-hetero) is 1. The summed E-state index contributed by atoms with van der Waals surface area (Å²) >= 11 is 1.51. The van der Waals surface area contributed by atoms with E-state index >= 15 is 0 Å². The minimum atomic E-state index is -0.553. The fraction of sp³-hybridized carbons (Fsp3) is 0.267. The Balaban J connectivity index is 2.02. The molecule has 112 valence electrons. The predicted molar refractivity (Wildman–Crippen MR) is 83.3 cm³/mol. The number of carbonyl (C=O) groups excluding carboxylic acids is 1. The van der Waals surface area contributed by atoms with E-state index in [0.29, 0.717) is 24.2 Å². The highest BCUT2D eigenvalue weighted by atomic mass is 32.1. The first-order valence-corrected chi connectivity index (χ1v) is 7.93. The molecule has 0 fully saturated rings. The first-order chi connectivity index (χ1) is 10.6. The molecule has 0 bridgehead atoms. The molecule has 2 aromatic rings. The van der Waals surface area contributed by atoms with Crippen LogP contribution in [-0.4, -0.2) is 15.8 Å². The number of carbonyl (C=O) groups is 1. The molecule has 4 rings (SSSR count). The molecule has 1 aliphatic carbocycles. The zero-order valence-corrected chi connectivity index (χ0v) is 12.3. The molecule has 2 aliphatic rings. The molecule has 7 heteroatoms.